The van der Waals surface area contributed by atoms with E-state index in [4.69, 9.17) is 5.11 Å². The second-order valence-corrected chi connectivity index (χ2v) is 5.42. The van der Waals surface area contributed by atoms with Crippen molar-refractivity contribution in [1.29, 1.82) is 0 Å². The first-order valence-electron chi connectivity index (χ1n) is 7.50. The summed E-state index contributed by atoms with van der Waals surface area (Å²) in [6.45, 7) is 0. The summed E-state index contributed by atoms with van der Waals surface area (Å²) in [5.41, 5.74) is 1.34. The van der Waals surface area contributed by atoms with Gasteiger partial charge >= 0.3 is 5.97 Å². The van der Waals surface area contributed by atoms with Crippen molar-refractivity contribution in [3.8, 4) is 0 Å². The van der Waals surface area contributed by atoms with Crippen LogP contribution in [-0.2, 0) is 0 Å². The third-order valence-electron chi connectivity index (χ3n) is 3.76. The average molecular weight is 273 g/mol. The molecule has 2 rings (SSSR count). The number of carbonyl (C=O) groups is 1. The highest BCUT2D eigenvalue weighted by atomic mass is 16.4. The van der Waals surface area contributed by atoms with Crippen LogP contribution in [0.15, 0.2) is 36.4 Å². The van der Waals surface area contributed by atoms with Crippen LogP contribution in [0.4, 0.5) is 5.69 Å². The molecular formula is C17H23NO2. The number of anilines is 1. The summed E-state index contributed by atoms with van der Waals surface area (Å²) in [4.78, 5) is 10.8. The zero-order valence-corrected chi connectivity index (χ0v) is 11.8. The van der Waals surface area contributed by atoms with Crippen molar-refractivity contribution in [2.75, 3.05) is 5.32 Å². The zero-order valence-electron chi connectivity index (χ0n) is 11.8. The fourth-order valence-corrected chi connectivity index (χ4v) is 2.58. The van der Waals surface area contributed by atoms with Gasteiger partial charge in [-0.25, -0.2) is 4.79 Å². The molecule has 0 saturated carbocycles. The molecule has 3 nitrogen and oxygen atoms in total. The Hall–Kier alpha value is -1.77. The molecule has 1 atom stereocenters. The number of benzene rings is 1. The van der Waals surface area contributed by atoms with Gasteiger partial charge in [-0.3, -0.25) is 0 Å². The van der Waals surface area contributed by atoms with E-state index in [1.165, 1.54) is 38.5 Å². The van der Waals surface area contributed by atoms with Gasteiger partial charge in [0.05, 0.1) is 5.56 Å². The van der Waals surface area contributed by atoms with E-state index in [-0.39, 0.29) is 0 Å². The van der Waals surface area contributed by atoms with Crippen LogP contribution < -0.4 is 5.32 Å². The van der Waals surface area contributed by atoms with Crippen molar-refractivity contribution >= 4 is 11.7 Å². The van der Waals surface area contributed by atoms with E-state index < -0.39 is 5.97 Å². The largest absolute Gasteiger partial charge is 0.478 e. The number of rotatable bonds is 3. The molecule has 0 saturated heterocycles. The Morgan fingerprint density at radius 3 is 2.55 bits per heavy atom. The van der Waals surface area contributed by atoms with Crippen molar-refractivity contribution in [3.63, 3.8) is 0 Å². The summed E-state index contributed by atoms with van der Waals surface area (Å²) < 4.78 is 0. The predicted molar refractivity (Wildman–Crippen MR) is 82.3 cm³/mol. The number of carboxylic acids is 1. The molecule has 0 spiro atoms. The quantitative estimate of drug-likeness (QED) is 0.799. The SMILES string of the molecule is O=C(O)c1ccc(NC2C/C=C/CCCCCC2)cc1. The molecule has 20 heavy (non-hydrogen) atoms. The molecular weight excluding hydrogens is 250 g/mol. The molecule has 1 aliphatic rings. The molecule has 1 aliphatic carbocycles. The van der Waals surface area contributed by atoms with Crippen LogP contribution in [-0.4, -0.2) is 17.1 Å². The van der Waals surface area contributed by atoms with Crippen molar-refractivity contribution in [1.82, 2.24) is 0 Å². The van der Waals surface area contributed by atoms with E-state index in [2.05, 4.69) is 17.5 Å². The van der Waals surface area contributed by atoms with Crippen molar-refractivity contribution < 1.29 is 9.90 Å². The molecule has 0 aromatic heterocycles. The van der Waals surface area contributed by atoms with Crippen LogP contribution in [0.25, 0.3) is 0 Å². The van der Waals surface area contributed by atoms with Crippen LogP contribution in [0.3, 0.4) is 0 Å². The second kappa shape index (κ2) is 7.73. The first kappa shape index (κ1) is 14.6. The zero-order chi connectivity index (χ0) is 14.2. The minimum atomic E-state index is -0.877. The molecule has 1 aromatic carbocycles. The number of hydrogen-bond acceptors (Lipinski definition) is 2. The Labute approximate surface area is 120 Å². The van der Waals surface area contributed by atoms with E-state index in [0.717, 1.165) is 12.1 Å². The Kier molecular flexibility index (Phi) is 5.66. The predicted octanol–water partition coefficient (Wildman–Crippen LogP) is 4.47. The fraction of sp³-hybridized carbons (Fsp3) is 0.471. The molecule has 0 radical (unpaired) electrons. The highest BCUT2D eigenvalue weighted by molar-refractivity contribution is 5.87. The van der Waals surface area contributed by atoms with Crippen molar-refractivity contribution in [3.05, 3.63) is 42.0 Å². The Morgan fingerprint density at radius 1 is 1.05 bits per heavy atom. The summed E-state index contributed by atoms with van der Waals surface area (Å²) in [5, 5.41) is 12.4. The molecule has 1 aromatic rings. The number of hydrogen-bond donors (Lipinski definition) is 2. The van der Waals surface area contributed by atoms with Crippen LogP contribution in [0.2, 0.25) is 0 Å². The van der Waals surface area contributed by atoms with E-state index in [0.29, 0.717) is 11.6 Å². The second-order valence-electron chi connectivity index (χ2n) is 5.42. The number of nitrogens with one attached hydrogen (secondary N) is 1. The summed E-state index contributed by atoms with van der Waals surface area (Å²) in [6.07, 6.45) is 13.2. The van der Waals surface area contributed by atoms with Crippen molar-refractivity contribution in [2.45, 2.75) is 51.0 Å². The Morgan fingerprint density at radius 2 is 1.80 bits per heavy atom. The van der Waals surface area contributed by atoms with Gasteiger partial charge in [0.2, 0.25) is 0 Å². The van der Waals surface area contributed by atoms with E-state index in [1.807, 2.05) is 12.1 Å². The molecule has 1 unspecified atom stereocenters. The maximum absolute atomic E-state index is 10.8. The first-order chi connectivity index (χ1) is 9.75. The highest BCUT2D eigenvalue weighted by Crippen LogP contribution is 2.18. The lowest BCUT2D eigenvalue weighted by molar-refractivity contribution is 0.0697. The third kappa shape index (κ3) is 4.72. The molecule has 0 aliphatic heterocycles. The summed E-state index contributed by atoms with van der Waals surface area (Å²) >= 11 is 0. The van der Waals surface area contributed by atoms with Crippen LogP contribution >= 0.6 is 0 Å². The Balaban J connectivity index is 1.95. The number of allylic oxidation sites excluding steroid dienone is 1. The minimum absolute atomic E-state index is 0.335. The first-order valence-corrected chi connectivity index (χ1v) is 7.50. The molecule has 0 heterocycles. The fourth-order valence-electron chi connectivity index (χ4n) is 2.58. The van der Waals surface area contributed by atoms with Gasteiger partial charge in [0, 0.05) is 11.7 Å². The average Bonchev–Trinajstić information content (AvgIpc) is 2.46. The van der Waals surface area contributed by atoms with E-state index >= 15 is 0 Å². The standard InChI is InChI=1S/C17H23NO2/c19-17(20)14-10-12-16(13-11-14)18-15-8-6-4-2-1-3-5-7-9-15/h4,6,10-13,15,18H,1-3,5,7-9H2,(H,19,20)/b6-4+. The minimum Gasteiger partial charge on any atom is -0.478 e. The van der Waals surface area contributed by atoms with Crippen LogP contribution in [0.1, 0.15) is 55.3 Å². The monoisotopic (exact) mass is 273 g/mol. The topological polar surface area (TPSA) is 49.3 Å². The van der Waals surface area contributed by atoms with Gasteiger partial charge < -0.3 is 10.4 Å². The summed E-state index contributed by atoms with van der Waals surface area (Å²) in [7, 11) is 0. The lowest BCUT2D eigenvalue weighted by Gasteiger charge is -2.19. The maximum atomic E-state index is 10.8. The molecule has 108 valence electrons. The molecule has 3 heteroatoms. The smallest absolute Gasteiger partial charge is 0.335 e. The highest BCUT2D eigenvalue weighted by Gasteiger charge is 2.08. The van der Waals surface area contributed by atoms with Gasteiger partial charge in [-0.2, -0.15) is 0 Å². The van der Waals surface area contributed by atoms with Gasteiger partial charge in [-0.05, 0) is 49.9 Å². The molecule has 0 amide bonds. The van der Waals surface area contributed by atoms with Gasteiger partial charge in [-0.15, -0.1) is 0 Å². The van der Waals surface area contributed by atoms with Crippen LogP contribution in [0, 0.1) is 0 Å². The molecule has 0 fully saturated rings. The van der Waals surface area contributed by atoms with Gasteiger partial charge in [0.25, 0.3) is 0 Å². The third-order valence-corrected chi connectivity index (χ3v) is 3.76. The molecule has 0 bridgehead atoms. The maximum Gasteiger partial charge on any atom is 0.335 e. The van der Waals surface area contributed by atoms with Crippen molar-refractivity contribution in [2.24, 2.45) is 0 Å². The Bertz CT molecular complexity index is 451. The lowest BCUT2D eigenvalue weighted by Crippen LogP contribution is -2.19. The van der Waals surface area contributed by atoms with Crippen LogP contribution in [0.5, 0.6) is 0 Å². The number of aromatic carboxylic acids is 1. The molecule has 2 N–H and O–H groups in total. The van der Waals surface area contributed by atoms with Gasteiger partial charge in [0.15, 0.2) is 0 Å². The summed E-state index contributed by atoms with van der Waals surface area (Å²) in [6, 6.07) is 7.46. The number of carboxylic acid groups (broad SMARTS) is 1. The lowest BCUT2D eigenvalue weighted by atomic mass is 10.0. The van der Waals surface area contributed by atoms with E-state index in [1.54, 1.807) is 12.1 Å². The summed E-state index contributed by atoms with van der Waals surface area (Å²) in [5.74, 6) is -0.877. The van der Waals surface area contributed by atoms with Gasteiger partial charge in [-0.1, -0.05) is 31.4 Å². The normalized spacial score (nSPS) is 21.9. The van der Waals surface area contributed by atoms with Gasteiger partial charge in [0.1, 0.15) is 0 Å². The van der Waals surface area contributed by atoms with E-state index in [9.17, 15) is 4.79 Å².